The Morgan fingerprint density at radius 2 is 1.20 bits per heavy atom. The zero-order chi connectivity index (χ0) is 23.1. The van der Waals surface area contributed by atoms with Crippen LogP contribution in [0.5, 0.6) is 0 Å². The van der Waals surface area contributed by atoms with Crippen molar-refractivity contribution in [1.29, 1.82) is 0 Å². The molecular weight excluding hydrogens is 400 g/mol. The molecule has 0 heterocycles. The van der Waals surface area contributed by atoms with Crippen molar-refractivity contribution >= 4 is 16.6 Å². The molecule has 0 aliphatic carbocycles. The van der Waals surface area contributed by atoms with Gasteiger partial charge < -0.3 is 8.85 Å². The average Bonchev–Trinajstić information content (AvgIpc) is 2.61. The van der Waals surface area contributed by atoms with Crippen LogP contribution in [0.3, 0.4) is 0 Å². The van der Waals surface area contributed by atoms with E-state index in [1.54, 1.807) is 0 Å². The molecule has 0 spiro atoms. The van der Waals surface area contributed by atoms with Gasteiger partial charge >= 0.3 is 0 Å². The van der Waals surface area contributed by atoms with Crippen LogP contribution in [0.1, 0.15) is 91.7 Å². The summed E-state index contributed by atoms with van der Waals surface area (Å²) in [5.74, 6) is 0. The van der Waals surface area contributed by atoms with Gasteiger partial charge in [0.25, 0.3) is 0 Å². The van der Waals surface area contributed by atoms with Gasteiger partial charge in [-0.15, -0.1) is 0 Å². The maximum atomic E-state index is 6.83. The molecule has 0 fully saturated rings. The molecule has 0 aliphatic rings. The predicted octanol–water partition coefficient (Wildman–Crippen LogP) is 9.11. The number of unbranched alkanes of at least 4 members (excludes halogenated alkanes) is 4. The summed E-state index contributed by atoms with van der Waals surface area (Å²) in [5.41, 5.74) is 1.34. The van der Waals surface area contributed by atoms with Crippen LogP contribution in [0.4, 0.5) is 0 Å². The van der Waals surface area contributed by atoms with Gasteiger partial charge in [0.2, 0.25) is 0 Å². The van der Waals surface area contributed by atoms with E-state index in [0.29, 0.717) is 5.04 Å². The highest BCUT2D eigenvalue weighted by atomic mass is 28.4. The lowest BCUT2D eigenvalue weighted by Gasteiger charge is -2.39. The Morgan fingerprint density at radius 1 is 0.700 bits per heavy atom. The van der Waals surface area contributed by atoms with E-state index in [0.717, 1.165) is 13.0 Å². The fraction of sp³-hybridized carbons (Fsp3) is 0.769. The van der Waals surface area contributed by atoms with Crippen molar-refractivity contribution in [2.45, 2.75) is 122 Å². The van der Waals surface area contributed by atoms with Crippen LogP contribution in [-0.2, 0) is 8.85 Å². The molecular formula is C26H50O2Si2. The van der Waals surface area contributed by atoms with E-state index in [9.17, 15) is 0 Å². The molecule has 174 valence electrons. The molecule has 1 unspecified atom stereocenters. The van der Waals surface area contributed by atoms with Gasteiger partial charge in [-0.3, -0.25) is 0 Å². The van der Waals surface area contributed by atoms with Crippen molar-refractivity contribution in [1.82, 2.24) is 0 Å². The summed E-state index contributed by atoms with van der Waals surface area (Å²) in [6.45, 7) is 24.3. The van der Waals surface area contributed by atoms with Crippen LogP contribution in [0.15, 0.2) is 30.3 Å². The summed E-state index contributed by atoms with van der Waals surface area (Å²) in [7, 11) is -3.37. The van der Waals surface area contributed by atoms with Crippen LogP contribution >= 0.6 is 0 Å². The van der Waals surface area contributed by atoms with E-state index in [1.807, 2.05) is 0 Å². The molecule has 0 amide bonds. The third-order valence-corrected chi connectivity index (χ3v) is 16.3. The molecule has 1 atom stereocenters. The van der Waals surface area contributed by atoms with Crippen molar-refractivity contribution in [3.63, 3.8) is 0 Å². The van der Waals surface area contributed by atoms with Gasteiger partial charge in [-0.1, -0.05) is 97.6 Å². The van der Waals surface area contributed by atoms with Crippen molar-refractivity contribution in [3.05, 3.63) is 35.9 Å². The average molecular weight is 451 g/mol. The lowest BCUT2D eigenvalue weighted by Crippen LogP contribution is -2.41. The van der Waals surface area contributed by atoms with Crippen LogP contribution < -0.4 is 0 Å². The maximum Gasteiger partial charge on any atom is 0.192 e. The summed E-state index contributed by atoms with van der Waals surface area (Å²) < 4.78 is 13.1. The number of benzene rings is 1. The van der Waals surface area contributed by atoms with Gasteiger partial charge in [-0.05, 0) is 54.7 Å². The van der Waals surface area contributed by atoms with Crippen LogP contribution in [-0.4, -0.2) is 23.2 Å². The zero-order valence-electron chi connectivity index (χ0n) is 21.7. The second-order valence-electron chi connectivity index (χ2n) is 11.9. The molecule has 1 rings (SSSR count). The minimum absolute atomic E-state index is 0.231. The molecule has 0 aromatic heterocycles. The third-order valence-electron chi connectivity index (χ3n) is 7.29. The van der Waals surface area contributed by atoms with Crippen LogP contribution in [0, 0.1) is 0 Å². The van der Waals surface area contributed by atoms with Gasteiger partial charge in [0.05, 0.1) is 6.10 Å². The predicted molar refractivity (Wildman–Crippen MR) is 138 cm³/mol. The highest BCUT2D eigenvalue weighted by Gasteiger charge is 2.39. The standard InChI is InChI=1S/C26H50O2Si2/c1-25(2,3)29(7,8)27-22-18-13-11-12-17-21-24(23-19-15-14-16-20-23)28-30(9,10)26(4,5)6/h14-16,19-20,24H,11-13,17-18,21-22H2,1-10H3. The second kappa shape index (κ2) is 11.4. The molecule has 0 radical (unpaired) electrons. The van der Waals surface area contributed by atoms with Gasteiger partial charge in [0, 0.05) is 6.61 Å². The molecule has 30 heavy (non-hydrogen) atoms. The first kappa shape index (κ1) is 27.6. The van der Waals surface area contributed by atoms with E-state index in [4.69, 9.17) is 8.85 Å². The highest BCUT2D eigenvalue weighted by molar-refractivity contribution is 6.74. The summed E-state index contributed by atoms with van der Waals surface area (Å²) in [5, 5.41) is 0.549. The lowest BCUT2D eigenvalue weighted by atomic mass is 10.0. The van der Waals surface area contributed by atoms with E-state index in [2.05, 4.69) is 98.1 Å². The Labute approximate surface area is 190 Å². The second-order valence-corrected chi connectivity index (χ2v) is 21.5. The van der Waals surface area contributed by atoms with E-state index in [-0.39, 0.29) is 11.1 Å². The van der Waals surface area contributed by atoms with Crippen molar-refractivity contribution in [2.75, 3.05) is 6.61 Å². The first-order valence-electron chi connectivity index (χ1n) is 12.0. The first-order chi connectivity index (χ1) is 13.7. The number of hydrogen-bond acceptors (Lipinski definition) is 2. The molecule has 1 aromatic carbocycles. The number of rotatable bonds is 12. The molecule has 0 saturated heterocycles. The monoisotopic (exact) mass is 450 g/mol. The first-order valence-corrected chi connectivity index (χ1v) is 17.9. The lowest BCUT2D eigenvalue weighted by molar-refractivity contribution is 0.169. The van der Waals surface area contributed by atoms with Gasteiger partial charge in [-0.25, -0.2) is 0 Å². The summed E-state index contributed by atoms with van der Waals surface area (Å²) in [6, 6.07) is 10.8. The van der Waals surface area contributed by atoms with Crippen LogP contribution in [0.2, 0.25) is 36.3 Å². The number of hydrogen-bond donors (Lipinski definition) is 0. The normalized spacial score (nSPS) is 14.7. The Morgan fingerprint density at radius 3 is 1.73 bits per heavy atom. The molecule has 4 heteroatoms. The molecule has 0 bridgehead atoms. The maximum absolute atomic E-state index is 6.83. The van der Waals surface area contributed by atoms with Crippen molar-refractivity contribution in [3.8, 4) is 0 Å². The Hall–Kier alpha value is -0.426. The summed E-state index contributed by atoms with van der Waals surface area (Å²) >= 11 is 0. The third kappa shape index (κ3) is 8.98. The summed E-state index contributed by atoms with van der Waals surface area (Å²) in [4.78, 5) is 0. The van der Waals surface area contributed by atoms with E-state index >= 15 is 0 Å². The fourth-order valence-corrected chi connectivity index (χ4v) is 5.41. The minimum Gasteiger partial charge on any atom is -0.417 e. The minimum atomic E-state index is -1.78. The Bertz CT molecular complexity index is 598. The van der Waals surface area contributed by atoms with Gasteiger partial charge in [0.15, 0.2) is 16.6 Å². The van der Waals surface area contributed by atoms with Crippen LogP contribution in [0.25, 0.3) is 0 Å². The van der Waals surface area contributed by atoms with Gasteiger partial charge in [-0.2, -0.15) is 0 Å². The topological polar surface area (TPSA) is 18.5 Å². The fourth-order valence-electron chi connectivity index (χ4n) is 3.00. The largest absolute Gasteiger partial charge is 0.417 e. The summed E-state index contributed by atoms with van der Waals surface area (Å²) in [6.07, 6.45) is 7.62. The Balaban J connectivity index is 2.43. The Kier molecular flexibility index (Phi) is 10.5. The van der Waals surface area contributed by atoms with E-state index < -0.39 is 16.6 Å². The van der Waals surface area contributed by atoms with Crippen molar-refractivity contribution < 1.29 is 8.85 Å². The zero-order valence-corrected chi connectivity index (χ0v) is 23.7. The molecule has 0 N–H and O–H groups in total. The van der Waals surface area contributed by atoms with Gasteiger partial charge in [0.1, 0.15) is 0 Å². The molecule has 1 aromatic rings. The molecule has 0 aliphatic heterocycles. The quantitative estimate of drug-likeness (QED) is 0.233. The van der Waals surface area contributed by atoms with Crippen molar-refractivity contribution in [2.24, 2.45) is 0 Å². The van der Waals surface area contributed by atoms with E-state index in [1.165, 1.54) is 37.7 Å². The molecule has 0 saturated carbocycles. The highest BCUT2D eigenvalue weighted by Crippen LogP contribution is 2.41. The molecule has 2 nitrogen and oxygen atoms in total. The smallest absolute Gasteiger partial charge is 0.192 e. The SMILES string of the molecule is CC(C)(C)[Si](C)(C)OCCCCCCCC(O[Si](C)(C)C(C)(C)C)c1ccccc1.